The van der Waals surface area contributed by atoms with Gasteiger partial charge in [0.1, 0.15) is 0 Å². The summed E-state index contributed by atoms with van der Waals surface area (Å²) in [6.07, 6.45) is 0.675. The second-order valence-electron chi connectivity index (χ2n) is 3.21. The molecule has 0 aliphatic heterocycles. The number of carbonyl (C=O) groups excluding carboxylic acids is 1. The number of carbonyl (C=O) groups is 2. The standard InChI is InChI=1S/C12H8O3/c13-7-10-6-9(12(14)15)5-8-3-1-2-4-11(8)10/h1-7H,(H,14,15). The van der Waals surface area contributed by atoms with Crippen LogP contribution >= 0.6 is 0 Å². The van der Waals surface area contributed by atoms with Gasteiger partial charge in [-0.3, -0.25) is 4.79 Å². The average molecular weight is 200 g/mol. The third-order valence-corrected chi connectivity index (χ3v) is 2.27. The molecule has 3 nitrogen and oxygen atoms in total. The summed E-state index contributed by atoms with van der Waals surface area (Å²) >= 11 is 0. The van der Waals surface area contributed by atoms with E-state index in [0.717, 1.165) is 10.8 Å². The molecule has 0 aliphatic carbocycles. The maximum absolute atomic E-state index is 10.8. The molecular weight excluding hydrogens is 192 g/mol. The fourth-order valence-corrected chi connectivity index (χ4v) is 1.56. The lowest BCUT2D eigenvalue weighted by Crippen LogP contribution is -1.98. The highest BCUT2D eigenvalue weighted by molar-refractivity contribution is 6.03. The minimum Gasteiger partial charge on any atom is -0.478 e. The predicted molar refractivity (Wildman–Crippen MR) is 56.3 cm³/mol. The van der Waals surface area contributed by atoms with Crippen LogP contribution in [0.1, 0.15) is 20.7 Å². The Balaban J connectivity index is 2.82. The summed E-state index contributed by atoms with van der Waals surface area (Å²) in [4.78, 5) is 21.6. The van der Waals surface area contributed by atoms with Gasteiger partial charge in [0, 0.05) is 5.56 Å². The Morgan fingerprint density at radius 1 is 1.20 bits per heavy atom. The van der Waals surface area contributed by atoms with Gasteiger partial charge < -0.3 is 5.11 Å². The molecule has 2 aromatic carbocycles. The summed E-state index contributed by atoms with van der Waals surface area (Å²) in [7, 11) is 0. The SMILES string of the molecule is O=Cc1cc(C(=O)O)cc2ccccc12. The number of benzene rings is 2. The Labute approximate surface area is 86.0 Å². The van der Waals surface area contributed by atoms with Crippen LogP contribution in [0.2, 0.25) is 0 Å². The van der Waals surface area contributed by atoms with E-state index in [1.807, 2.05) is 12.1 Å². The lowest BCUT2D eigenvalue weighted by Gasteiger charge is -2.02. The molecule has 74 valence electrons. The lowest BCUT2D eigenvalue weighted by atomic mass is 10.0. The maximum atomic E-state index is 10.8. The zero-order valence-electron chi connectivity index (χ0n) is 7.81. The van der Waals surface area contributed by atoms with Gasteiger partial charge in [-0.1, -0.05) is 24.3 Å². The first-order valence-corrected chi connectivity index (χ1v) is 4.43. The van der Waals surface area contributed by atoms with E-state index in [1.165, 1.54) is 6.07 Å². The van der Waals surface area contributed by atoms with Crippen molar-refractivity contribution in [2.75, 3.05) is 0 Å². The van der Waals surface area contributed by atoms with Crippen molar-refractivity contribution in [1.82, 2.24) is 0 Å². The Morgan fingerprint density at radius 2 is 1.93 bits per heavy atom. The van der Waals surface area contributed by atoms with Crippen molar-refractivity contribution in [1.29, 1.82) is 0 Å². The van der Waals surface area contributed by atoms with Crippen molar-refractivity contribution in [2.45, 2.75) is 0 Å². The van der Waals surface area contributed by atoms with E-state index in [9.17, 15) is 9.59 Å². The smallest absolute Gasteiger partial charge is 0.335 e. The fourth-order valence-electron chi connectivity index (χ4n) is 1.56. The Kier molecular flexibility index (Phi) is 2.21. The molecule has 0 saturated carbocycles. The zero-order chi connectivity index (χ0) is 10.8. The molecule has 3 heteroatoms. The zero-order valence-corrected chi connectivity index (χ0v) is 7.81. The summed E-state index contributed by atoms with van der Waals surface area (Å²) in [5, 5.41) is 10.4. The third kappa shape index (κ3) is 1.59. The molecule has 1 N–H and O–H groups in total. The molecule has 0 spiro atoms. The van der Waals surface area contributed by atoms with Gasteiger partial charge in [-0.2, -0.15) is 0 Å². The van der Waals surface area contributed by atoms with Gasteiger partial charge in [0.2, 0.25) is 0 Å². The van der Waals surface area contributed by atoms with Gasteiger partial charge in [0.05, 0.1) is 5.56 Å². The van der Waals surface area contributed by atoms with Crippen LogP contribution in [0.3, 0.4) is 0 Å². The van der Waals surface area contributed by atoms with Crippen molar-refractivity contribution in [3.05, 3.63) is 47.5 Å². The Bertz CT molecular complexity index is 544. The fraction of sp³-hybridized carbons (Fsp3) is 0. The van der Waals surface area contributed by atoms with Crippen molar-refractivity contribution in [3.63, 3.8) is 0 Å². The van der Waals surface area contributed by atoms with Gasteiger partial charge in [-0.25, -0.2) is 4.79 Å². The summed E-state index contributed by atoms with van der Waals surface area (Å²) in [6.45, 7) is 0. The number of aromatic carboxylic acids is 1. The van der Waals surface area contributed by atoms with Crippen molar-refractivity contribution in [3.8, 4) is 0 Å². The molecule has 0 radical (unpaired) electrons. The van der Waals surface area contributed by atoms with E-state index in [-0.39, 0.29) is 5.56 Å². The van der Waals surface area contributed by atoms with Crippen LogP contribution < -0.4 is 0 Å². The second-order valence-corrected chi connectivity index (χ2v) is 3.21. The Hall–Kier alpha value is -2.16. The molecule has 0 saturated heterocycles. The minimum absolute atomic E-state index is 0.135. The average Bonchev–Trinajstić information content (AvgIpc) is 2.27. The molecule has 2 aromatic rings. The van der Waals surface area contributed by atoms with E-state index in [4.69, 9.17) is 5.11 Å². The van der Waals surface area contributed by atoms with E-state index < -0.39 is 5.97 Å². The van der Waals surface area contributed by atoms with Gasteiger partial charge >= 0.3 is 5.97 Å². The molecule has 0 heterocycles. The largest absolute Gasteiger partial charge is 0.478 e. The first-order chi connectivity index (χ1) is 7.22. The van der Waals surface area contributed by atoms with E-state index in [0.29, 0.717) is 11.8 Å². The predicted octanol–water partition coefficient (Wildman–Crippen LogP) is 2.35. The molecule has 0 aliphatic rings. The van der Waals surface area contributed by atoms with Gasteiger partial charge in [0.15, 0.2) is 6.29 Å². The van der Waals surface area contributed by atoms with Gasteiger partial charge in [-0.15, -0.1) is 0 Å². The van der Waals surface area contributed by atoms with E-state index in [1.54, 1.807) is 18.2 Å². The molecule has 2 rings (SSSR count). The van der Waals surface area contributed by atoms with Crippen LogP contribution in [0.25, 0.3) is 10.8 Å². The molecule has 0 atom stereocenters. The number of hydrogen-bond donors (Lipinski definition) is 1. The molecule has 0 unspecified atom stereocenters. The molecular formula is C12H8O3. The third-order valence-electron chi connectivity index (χ3n) is 2.27. The first kappa shape index (κ1) is 9.40. The summed E-state index contributed by atoms with van der Waals surface area (Å²) in [6, 6.07) is 10.2. The Morgan fingerprint density at radius 3 is 2.60 bits per heavy atom. The first-order valence-electron chi connectivity index (χ1n) is 4.43. The van der Waals surface area contributed by atoms with Crippen molar-refractivity contribution < 1.29 is 14.7 Å². The number of carboxylic acid groups (broad SMARTS) is 1. The minimum atomic E-state index is -1.02. The molecule has 0 fully saturated rings. The highest BCUT2D eigenvalue weighted by atomic mass is 16.4. The summed E-state index contributed by atoms with van der Waals surface area (Å²) < 4.78 is 0. The van der Waals surface area contributed by atoms with E-state index >= 15 is 0 Å². The van der Waals surface area contributed by atoms with Crippen LogP contribution in [-0.4, -0.2) is 17.4 Å². The number of aldehydes is 1. The number of hydrogen-bond acceptors (Lipinski definition) is 2. The molecule has 0 aromatic heterocycles. The summed E-state index contributed by atoms with van der Waals surface area (Å²) in [5.74, 6) is -1.02. The van der Waals surface area contributed by atoms with Crippen LogP contribution in [-0.2, 0) is 0 Å². The molecule has 0 amide bonds. The molecule has 0 bridgehead atoms. The molecule has 15 heavy (non-hydrogen) atoms. The quantitative estimate of drug-likeness (QED) is 0.757. The highest BCUT2D eigenvalue weighted by Gasteiger charge is 2.07. The normalized spacial score (nSPS) is 10.1. The second kappa shape index (κ2) is 3.53. The topological polar surface area (TPSA) is 54.4 Å². The maximum Gasteiger partial charge on any atom is 0.335 e. The van der Waals surface area contributed by atoms with Crippen LogP contribution in [0.5, 0.6) is 0 Å². The highest BCUT2D eigenvalue weighted by Crippen LogP contribution is 2.19. The number of carboxylic acids is 1. The lowest BCUT2D eigenvalue weighted by molar-refractivity contribution is 0.0697. The number of rotatable bonds is 2. The van der Waals surface area contributed by atoms with Crippen LogP contribution in [0.15, 0.2) is 36.4 Å². The number of fused-ring (bicyclic) bond motifs is 1. The van der Waals surface area contributed by atoms with Crippen LogP contribution in [0.4, 0.5) is 0 Å². The van der Waals surface area contributed by atoms with E-state index in [2.05, 4.69) is 0 Å². The van der Waals surface area contributed by atoms with Crippen LogP contribution in [0, 0.1) is 0 Å². The summed E-state index contributed by atoms with van der Waals surface area (Å²) in [5.41, 5.74) is 0.543. The van der Waals surface area contributed by atoms with Gasteiger partial charge in [0.25, 0.3) is 0 Å². The van der Waals surface area contributed by atoms with Crippen molar-refractivity contribution >= 4 is 23.0 Å². The van der Waals surface area contributed by atoms with Gasteiger partial charge in [-0.05, 0) is 22.9 Å². The monoisotopic (exact) mass is 200 g/mol. The van der Waals surface area contributed by atoms with Crippen molar-refractivity contribution in [2.24, 2.45) is 0 Å².